The maximum Gasteiger partial charge on any atom is 0.404 e. The summed E-state index contributed by atoms with van der Waals surface area (Å²) in [6.45, 7) is 2.19. The molecule has 0 bridgehead atoms. The number of hydrogen-bond acceptors (Lipinski definition) is 5. The maximum absolute atomic E-state index is 12.4. The molecular weight excluding hydrogens is 354 g/mol. The number of hydrogen-bond donors (Lipinski definition) is 2. The molecule has 9 heteroatoms. The number of rotatable bonds is 5. The average Bonchev–Trinajstić information content (AvgIpc) is 2.52. The second-order valence-corrected chi connectivity index (χ2v) is 5.92. The first kappa shape index (κ1) is 16.6. The van der Waals surface area contributed by atoms with Gasteiger partial charge in [0.2, 0.25) is 5.91 Å². The summed E-state index contributed by atoms with van der Waals surface area (Å²) >= 11 is 3.45. The van der Waals surface area contributed by atoms with Gasteiger partial charge in [-0.05, 0) is 12.5 Å². The van der Waals surface area contributed by atoms with Crippen LogP contribution in [-0.2, 0) is 4.79 Å². The number of aromatic nitrogens is 2. The molecule has 1 aromatic rings. The molecule has 8 nitrogen and oxygen atoms in total. The lowest BCUT2D eigenvalue weighted by atomic mass is 10.1. The van der Waals surface area contributed by atoms with E-state index in [0.29, 0.717) is 31.8 Å². The number of piperazine rings is 1. The molecule has 1 fully saturated rings. The summed E-state index contributed by atoms with van der Waals surface area (Å²) in [4.78, 5) is 33.0. The molecule has 1 saturated heterocycles. The van der Waals surface area contributed by atoms with Gasteiger partial charge in [-0.15, -0.1) is 0 Å². The van der Waals surface area contributed by atoms with Crippen LogP contribution >= 0.6 is 16.1 Å². The Morgan fingerprint density at radius 1 is 1.36 bits per heavy atom. The van der Waals surface area contributed by atoms with Crippen molar-refractivity contribution in [2.75, 3.05) is 26.2 Å². The van der Waals surface area contributed by atoms with Crippen LogP contribution in [0.25, 0.3) is 0 Å². The third-order valence-electron chi connectivity index (χ3n) is 3.38. The second kappa shape index (κ2) is 8.04. The van der Waals surface area contributed by atoms with Crippen molar-refractivity contribution in [2.24, 2.45) is 0 Å². The highest BCUT2D eigenvalue weighted by Gasteiger charge is 2.32. The van der Waals surface area contributed by atoms with Gasteiger partial charge in [-0.3, -0.25) is 4.79 Å². The van der Waals surface area contributed by atoms with E-state index in [2.05, 4.69) is 31.4 Å². The zero-order valence-corrected chi connectivity index (χ0v) is 13.6. The number of carboxylic acid groups (broad SMARTS) is 1. The van der Waals surface area contributed by atoms with Gasteiger partial charge in [-0.1, -0.05) is 0 Å². The highest BCUT2D eigenvalue weighted by molar-refractivity contribution is 9.07. The standard InChI is InChI=1S/C13H18BrN5O3/c14-18-7-8-19(11(20)3-1-4-17-13(21)22)10(9-18)12-15-5-2-6-16-12/h2,5-6,10,17H,1,3-4,7-9H2,(H,21,22). The quantitative estimate of drug-likeness (QED) is 0.592. The highest BCUT2D eigenvalue weighted by atomic mass is 79.9. The van der Waals surface area contributed by atoms with Crippen LogP contribution in [0.2, 0.25) is 0 Å². The minimum Gasteiger partial charge on any atom is -0.465 e. The molecule has 0 saturated carbocycles. The van der Waals surface area contributed by atoms with Crippen LogP contribution in [-0.4, -0.2) is 62.1 Å². The maximum atomic E-state index is 12.4. The minimum absolute atomic E-state index is 0.00904. The van der Waals surface area contributed by atoms with Crippen LogP contribution in [0.5, 0.6) is 0 Å². The SMILES string of the molecule is O=C(O)NCCCC(=O)N1CCN(Br)CC1c1ncccn1. The van der Waals surface area contributed by atoms with E-state index in [4.69, 9.17) is 5.11 Å². The molecule has 2 heterocycles. The Morgan fingerprint density at radius 3 is 2.77 bits per heavy atom. The molecular formula is C13H18BrN5O3. The monoisotopic (exact) mass is 371 g/mol. The summed E-state index contributed by atoms with van der Waals surface area (Å²) in [5, 5.41) is 10.8. The number of nitrogens with one attached hydrogen (secondary N) is 1. The van der Waals surface area contributed by atoms with Gasteiger partial charge in [0, 0.05) is 61.1 Å². The normalized spacial score (nSPS) is 19.0. The van der Waals surface area contributed by atoms with Gasteiger partial charge in [-0.25, -0.2) is 18.7 Å². The zero-order valence-electron chi connectivity index (χ0n) is 12.0. The molecule has 1 atom stereocenters. The van der Waals surface area contributed by atoms with Crippen molar-refractivity contribution in [3.05, 3.63) is 24.3 Å². The molecule has 2 N–H and O–H groups in total. The summed E-state index contributed by atoms with van der Waals surface area (Å²) in [6.07, 6.45) is 3.02. The molecule has 1 unspecified atom stereocenters. The fraction of sp³-hybridized carbons (Fsp3) is 0.538. The fourth-order valence-corrected chi connectivity index (χ4v) is 2.76. The Bertz CT molecular complexity index is 516. The van der Waals surface area contributed by atoms with Crippen molar-refractivity contribution in [3.8, 4) is 0 Å². The van der Waals surface area contributed by atoms with E-state index in [9.17, 15) is 9.59 Å². The Hall–Kier alpha value is -1.74. The smallest absolute Gasteiger partial charge is 0.404 e. The van der Waals surface area contributed by atoms with Crippen LogP contribution in [0.3, 0.4) is 0 Å². The summed E-state index contributed by atoms with van der Waals surface area (Å²) in [7, 11) is 0. The molecule has 0 radical (unpaired) electrons. The molecule has 2 rings (SSSR count). The number of carbonyl (C=O) groups excluding carboxylic acids is 1. The van der Waals surface area contributed by atoms with Crippen molar-refractivity contribution in [3.63, 3.8) is 0 Å². The van der Waals surface area contributed by atoms with Crippen LogP contribution in [0.1, 0.15) is 24.7 Å². The lowest BCUT2D eigenvalue weighted by Gasteiger charge is -2.38. The number of nitrogens with zero attached hydrogens (tertiary/aromatic N) is 4. The largest absolute Gasteiger partial charge is 0.465 e. The van der Waals surface area contributed by atoms with Crippen LogP contribution in [0.4, 0.5) is 4.79 Å². The Morgan fingerprint density at radius 2 is 2.09 bits per heavy atom. The van der Waals surface area contributed by atoms with E-state index in [1.807, 2.05) is 3.93 Å². The second-order valence-electron chi connectivity index (χ2n) is 4.91. The molecule has 120 valence electrons. The molecule has 0 spiro atoms. The van der Waals surface area contributed by atoms with Gasteiger partial charge in [-0.2, -0.15) is 0 Å². The van der Waals surface area contributed by atoms with E-state index >= 15 is 0 Å². The third-order valence-corrected chi connectivity index (χ3v) is 4.02. The van der Waals surface area contributed by atoms with Gasteiger partial charge >= 0.3 is 6.09 Å². The van der Waals surface area contributed by atoms with Gasteiger partial charge in [0.05, 0.1) is 0 Å². The van der Waals surface area contributed by atoms with E-state index in [1.54, 1.807) is 23.4 Å². The topological polar surface area (TPSA) is 98.7 Å². The Balaban J connectivity index is 1.97. The van der Waals surface area contributed by atoms with Gasteiger partial charge in [0.25, 0.3) is 0 Å². The Kier molecular flexibility index (Phi) is 6.08. The molecule has 22 heavy (non-hydrogen) atoms. The van der Waals surface area contributed by atoms with Gasteiger partial charge in [0.15, 0.2) is 5.82 Å². The number of halogens is 1. The summed E-state index contributed by atoms with van der Waals surface area (Å²) in [5.74, 6) is 0.605. The van der Waals surface area contributed by atoms with Crippen LogP contribution in [0, 0.1) is 0 Å². The highest BCUT2D eigenvalue weighted by Crippen LogP contribution is 2.25. The zero-order chi connectivity index (χ0) is 15.9. The van der Waals surface area contributed by atoms with Crippen molar-refractivity contribution >= 4 is 28.1 Å². The van der Waals surface area contributed by atoms with Gasteiger partial charge < -0.3 is 15.3 Å². The lowest BCUT2D eigenvalue weighted by molar-refractivity contribution is -0.135. The fourth-order valence-electron chi connectivity index (χ4n) is 2.33. The molecule has 1 aromatic heterocycles. The summed E-state index contributed by atoms with van der Waals surface area (Å²) < 4.78 is 1.96. The minimum atomic E-state index is -1.07. The molecule has 1 aliphatic heterocycles. The predicted molar refractivity (Wildman–Crippen MR) is 82.2 cm³/mol. The van der Waals surface area contributed by atoms with E-state index < -0.39 is 6.09 Å². The average molecular weight is 372 g/mol. The third kappa shape index (κ3) is 4.63. The van der Waals surface area contributed by atoms with Crippen molar-refractivity contribution in [1.29, 1.82) is 0 Å². The summed E-state index contributed by atoms with van der Waals surface area (Å²) in [6, 6.07) is 1.54. The van der Waals surface area contributed by atoms with Crippen molar-refractivity contribution in [2.45, 2.75) is 18.9 Å². The van der Waals surface area contributed by atoms with Crippen molar-refractivity contribution in [1.82, 2.24) is 24.1 Å². The lowest BCUT2D eigenvalue weighted by Crippen LogP contribution is -2.48. The van der Waals surface area contributed by atoms with Gasteiger partial charge in [0.1, 0.15) is 6.04 Å². The molecule has 2 amide bonds. The number of carbonyl (C=O) groups is 2. The first-order valence-corrected chi connectivity index (χ1v) is 7.72. The first-order chi connectivity index (χ1) is 10.6. The van der Waals surface area contributed by atoms with E-state index in [-0.39, 0.29) is 18.5 Å². The van der Waals surface area contributed by atoms with E-state index in [1.165, 1.54) is 0 Å². The Labute approximate surface area is 136 Å². The van der Waals surface area contributed by atoms with Crippen LogP contribution in [0.15, 0.2) is 18.5 Å². The van der Waals surface area contributed by atoms with Crippen molar-refractivity contribution < 1.29 is 14.7 Å². The summed E-state index contributed by atoms with van der Waals surface area (Å²) in [5.41, 5.74) is 0. The molecule has 0 aliphatic carbocycles. The number of amides is 2. The first-order valence-electron chi connectivity index (χ1n) is 7.02. The van der Waals surface area contributed by atoms with E-state index in [0.717, 1.165) is 6.54 Å². The molecule has 1 aliphatic rings. The van der Waals surface area contributed by atoms with Crippen LogP contribution < -0.4 is 5.32 Å². The predicted octanol–water partition coefficient (Wildman–Crippen LogP) is 1.02. The molecule has 0 aromatic carbocycles.